The van der Waals surface area contributed by atoms with Crippen LogP contribution in [-0.4, -0.2) is 35.2 Å². The molecule has 2 fully saturated rings. The highest BCUT2D eigenvalue weighted by Crippen LogP contribution is 2.48. The van der Waals surface area contributed by atoms with Crippen molar-refractivity contribution >= 4 is 0 Å². The maximum atomic E-state index is 4.14. The molecule has 3 rings (SSSR count). The molecule has 2 heterocycles. The van der Waals surface area contributed by atoms with Gasteiger partial charge in [0.15, 0.2) is 0 Å². The van der Waals surface area contributed by atoms with Crippen LogP contribution >= 0.6 is 0 Å². The van der Waals surface area contributed by atoms with Crippen LogP contribution < -0.4 is 10.6 Å². The van der Waals surface area contributed by atoms with Gasteiger partial charge in [-0.05, 0) is 42.8 Å². The summed E-state index contributed by atoms with van der Waals surface area (Å²) in [6, 6.07) is 0.496. The standard InChI is InChI=1S/C15H26N4/c1-15(2,3)14(9-19-5-4-16-10-19)18-8-13-11-6-17-7-12(11)13/h4-5,10-14,17-18H,6-9H2,1-3H3/t11-,12+,13?,14?. The third-order valence-electron chi connectivity index (χ3n) is 4.87. The Morgan fingerprint density at radius 2 is 2.11 bits per heavy atom. The highest BCUT2D eigenvalue weighted by atomic mass is 15.1. The SMILES string of the molecule is CC(C)(C)C(Cn1ccnc1)NCC1[C@H]2CNC[C@@H]12. The molecule has 1 aliphatic carbocycles. The lowest BCUT2D eigenvalue weighted by Crippen LogP contribution is -2.44. The van der Waals surface area contributed by atoms with Crippen LogP contribution in [0.25, 0.3) is 0 Å². The smallest absolute Gasteiger partial charge is 0.0946 e. The van der Waals surface area contributed by atoms with Gasteiger partial charge in [-0.25, -0.2) is 4.98 Å². The molecule has 106 valence electrons. The second-order valence-corrected chi connectivity index (χ2v) is 7.24. The maximum absolute atomic E-state index is 4.14. The molecule has 2 unspecified atom stereocenters. The quantitative estimate of drug-likeness (QED) is 0.842. The van der Waals surface area contributed by atoms with Crippen molar-refractivity contribution < 1.29 is 0 Å². The summed E-state index contributed by atoms with van der Waals surface area (Å²) in [7, 11) is 0. The van der Waals surface area contributed by atoms with Crippen molar-refractivity contribution in [2.45, 2.75) is 33.4 Å². The van der Waals surface area contributed by atoms with Gasteiger partial charge in [-0.1, -0.05) is 20.8 Å². The number of fused-ring (bicyclic) bond motifs is 1. The Bertz CT molecular complexity index is 396. The number of hydrogen-bond acceptors (Lipinski definition) is 3. The fraction of sp³-hybridized carbons (Fsp3) is 0.800. The normalized spacial score (nSPS) is 31.2. The summed E-state index contributed by atoms with van der Waals surface area (Å²) in [5.74, 6) is 2.80. The molecular weight excluding hydrogens is 236 g/mol. The molecule has 4 nitrogen and oxygen atoms in total. The largest absolute Gasteiger partial charge is 0.336 e. The molecule has 1 aromatic heterocycles. The van der Waals surface area contributed by atoms with Crippen molar-refractivity contribution in [3.05, 3.63) is 18.7 Å². The summed E-state index contributed by atoms with van der Waals surface area (Å²) in [6.07, 6.45) is 5.82. The Morgan fingerprint density at radius 1 is 1.37 bits per heavy atom. The summed E-state index contributed by atoms with van der Waals surface area (Å²) in [6.45, 7) is 11.6. The van der Waals surface area contributed by atoms with Crippen LogP contribution in [0.4, 0.5) is 0 Å². The lowest BCUT2D eigenvalue weighted by molar-refractivity contribution is 0.237. The van der Waals surface area contributed by atoms with Crippen LogP contribution in [0.5, 0.6) is 0 Å². The van der Waals surface area contributed by atoms with Crippen molar-refractivity contribution in [2.75, 3.05) is 19.6 Å². The lowest BCUT2D eigenvalue weighted by atomic mass is 9.86. The molecular formula is C15H26N4. The van der Waals surface area contributed by atoms with Gasteiger partial charge in [0.05, 0.1) is 6.33 Å². The molecule has 0 spiro atoms. The summed E-state index contributed by atoms with van der Waals surface area (Å²) in [5, 5.41) is 7.28. The first-order chi connectivity index (χ1) is 9.05. The molecule has 0 aromatic carbocycles. The van der Waals surface area contributed by atoms with Gasteiger partial charge < -0.3 is 15.2 Å². The van der Waals surface area contributed by atoms with E-state index in [1.165, 1.54) is 19.6 Å². The summed E-state index contributed by atoms with van der Waals surface area (Å²) in [5.41, 5.74) is 0.270. The first-order valence-electron chi connectivity index (χ1n) is 7.45. The van der Waals surface area contributed by atoms with Gasteiger partial charge in [0, 0.05) is 25.0 Å². The molecule has 1 aromatic rings. The predicted octanol–water partition coefficient (Wildman–Crippen LogP) is 1.35. The van der Waals surface area contributed by atoms with E-state index < -0.39 is 0 Å². The van der Waals surface area contributed by atoms with E-state index in [-0.39, 0.29) is 5.41 Å². The summed E-state index contributed by atoms with van der Waals surface area (Å²) >= 11 is 0. The van der Waals surface area contributed by atoms with Crippen molar-refractivity contribution in [2.24, 2.45) is 23.2 Å². The summed E-state index contributed by atoms with van der Waals surface area (Å²) < 4.78 is 2.18. The number of nitrogens with one attached hydrogen (secondary N) is 2. The molecule has 2 aliphatic rings. The monoisotopic (exact) mass is 262 g/mol. The third kappa shape index (κ3) is 2.84. The van der Waals surface area contributed by atoms with Crippen molar-refractivity contribution in [1.82, 2.24) is 20.2 Å². The van der Waals surface area contributed by atoms with Crippen LogP contribution in [0.15, 0.2) is 18.7 Å². The Hall–Kier alpha value is -0.870. The zero-order valence-electron chi connectivity index (χ0n) is 12.3. The molecule has 4 atom stereocenters. The fourth-order valence-electron chi connectivity index (χ4n) is 3.38. The maximum Gasteiger partial charge on any atom is 0.0946 e. The number of imidazole rings is 1. The van der Waals surface area contributed by atoms with Crippen molar-refractivity contribution in [3.63, 3.8) is 0 Å². The van der Waals surface area contributed by atoms with E-state index in [4.69, 9.17) is 0 Å². The zero-order valence-corrected chi connectivity index (χ0v) is 12.3. The minimum absolute atomic E-state index is 0.270. The van der Waals surface area contributed by atoms with E-state index in [1.54, 1.807) is 0 Å². The molecule has 0 bridgehead atoms. The van der Waals surface area contributed by atoms with Crippen LogP contribution in [0.3, 0.4) is 0 Å². The van der Waals surface area contributed by atoms with Gasteiger partial charge in [0.2, 0.25) is 0 Å². The highest BCUT2D eigenvalue weighted by molar-refractivity contribution is 5.05. The number of hydrogen-bond donors (Lipinski definition) is 2. The van der Waals surface area contributed by atoms with Crippen LogP contribution in [0.2, 0.25) is 0 Å². The average molecular weight is 262 g/mol. The minimum Gasteiger partial charge on any atom is -0.336 e. The molecule has 1 aliphatic heterocycles. The third-order valence-corrected chi connectivity index (χ3v) is 4.87. The second-order valence-electron chi connectivity index (χ2n) is 7.24. The Morgan fingerprint density at radius 3 is 2.68 bits per heavy atom. The zero-order chi connectivity index (χ0) is 13.5. The predicted molar refractivity (Wildman–Crippen MR) is 76.8 cm³/mol. The number of aromatic nitrogens is 2. The Balaban J connectivity index is 1.54. The molecule has 0 radical (unpaired) electrons. The van der Waals surface area contributed by atoms with E-state index in [0.29, 0.717) is 6.04 Å². The first kappa shape index (κ1) is 13.1. The van der Waals surface area contributed by atoms with Gasteiger partial charge in [0.1, 0.15) is 0 Å². The van der Waals surface area contributed by atoms with E-state index in [0.717, 1.165) is 24.3 Å². The topological polar surface area (TPSA) is 41.9 Å². The average Bonchev–Trinajstić information content (AvgIpc) is 2.80. The Kier molecular flexibility index (Phi) is 3.39. The van der Waals surface area contributed by atoms with Crippen molar-refractivity contribution in [3.8, 4) is 0 Å². The van der Waals surface area contributed by atoms with E-state index in [1.807, 2.05) is 12.5 Å². The minimum atomic E-state index is 0.270. The molecule has 2 N–H and O–H groups in total. The van der Waals surface area contributed by atoms with Gasteiger partial charge in [-0.3, -0.25) is 0 Å². The van der Waals surface area contributed by atoms with E-state index >= 15 is 0 Å². The van der Waals surface area contributed by atoms with Gasteiger partial charge >= 0.3 is 0 Å². The number of rotatable bonds is 5. The van der Waals surface area contributed by atoms with Gasteiger partial charge in [0.25, 0.3) is 0 Å². The highest BCUT2D eigenvalue weighted by Gasteiger charge is 2.52. The van der Waals surface area contributed by atoms with Gasteiger partial charge in [-0.2, -0.15) is 0 Å². The Labute approximate surface area is 116 Å². The van der Waals surface area contributed by atoms with Crippen LogP contribution in [-0.2, 0) is 6.54 Å². The molecule has 0 amide bonds. The molecule has 1 saturated carbocycles. The number of nitrogens with zero attached hydrogens (tertiary/aromatic N) is 2. The van der Waals surface area contributed by atoms with Crippen LogP contribution in [0.1, 0.15) is 20.8 Å². The van der Waals surface area contributed by atoms with E-state index in [9.17, 15) is 0 Å². The lowest BCUT2D eigenvalue weighted by Gasteiger charge is -2.32. The van der Waals surface area contributed by atoms with Crippen LogP contribution in [0, 0.1) is 23.2 Å². The first-order valence-corrected chi connectivity index (χ1v) is 7.45. The molecule has 1 saturated heterocycles. The molecule has 4 heteroatoms. The molecule has 19 heavy (non-hydrogen) atoms. The number of piperidine rings is 1. The second kappa shape index (κ2) is 4.91. The summed E-state index contributed by atoms with van der Waals surface area (Å²) in [4.78, 5) is 4.14. The van der Waals surface area contributed by atoms with E-state index in [2.05, 4.69) is 47.2 Å². The van der Waals surface area contributed by atoms with Crippen molar-refractivity contribution in [1.29, 1.82) is 0 Å². The fourth-order valence-corrected chi connectivity index (χ4v) is 3.38. The van der Waals surface area contributed by atoms with Gasteiger partial charge in [-0.15, -0.1) is 0 Å².